The van der Waals surface area contributed by atoms with Gasteiger partial charge in [-0.1, -0.05) is 17.7 Å². The van der Waals surface area contributed by atoms with Crippen LogP contribution in [0, 0.1) is 12.7 Å². The van der Waals surface area contributed by atoms with E-state index in [2.05, 4.69) is 5.32 Å². The van der Waals surface area contributed by atoms with E-state index in [1.807, 2.05) is 0 Å². The predicted octanol–water partition coefficient (Wildman–Crippen LogP) is 3.97. The molecule has 2 aromatic carbocycles. The lowest BCUT2D eigenvalue weighted by Gasteiger charge is -2.14. The molecule has 0 fully saturated rings. The zero-order chi connectivity index (χ0) is 17.0. The van der Waals surface area contributed by atoms with E-state index in [1.54, 1.807) is 31.2 Å². The quantitative estimate of drug-likeness (QED) is 0.860. The molecule has 1 N–H and O–H groups in total. The van der Waals surface area contributed by atoms with Gasteiger partial charge in [0.2, 0.25) is 0 Å². The van der Waals surface area contributed by atoms with Gasteiger partial charge in [0.1, 0.15) is 5.82 Å². The van der Waals surface area contributed by atoms with Gasteiger partial charge >= 0.3 is 5.97 Å². The summed E-state index contributed by atoms with van der Waals surface area (Å²) in [4.78, 5) is 23.9. The van der Waals surface area contributed by atoms with Crippen molar-refractivity contribution in [3.05, 3.63) is 64.4 Å². The van der Waals surface area contributed by atoms with E-state index in [-0.39, 0.29) is 5.56 Å². The van der Waals surface area contributed by atoms with Crippen LogP contribution in [0.2, 0.25) is 5.02 Å². The van der Waals surface area contributed by atoms with Crippen molar-refractivity contribution in [3.8, 4) is 0 Å². The van der Waals surface area contributed by atoms with Gasteiger partial charge < -0.3 is 10.1 Å². The Balaban J connectivity index is 1.98. The largest absolute Gasteiger partial charge is 0.449 e. The summed E-state index contributed by atoms with van der Waals surface area (Å²) >= 11 is 5.76. The molecule has 0 radical (unpaired) electrons. The van der Waals surface area contributed by atoms with E-state index in [1.165, 1.54) is 19.1 Å². The number of halogens is 2. The third-order valence-corrected chi connectivity index (χ3v) is 3.42. The van der Waals surface area contributed by atoms with Gasteiger partial charge in [-0.3, -0.25) is 4.79 Å². The molecule has 1 atom stereocenters. The molecular formula is C17H15ClFNO3. The summed E-state index contributed by atoms with van der Waals surface area (Å²) in [6.45, 7) is 3.03. The smallest absolute Gasteiger partial charge is 0.339 e. The van der Waals surface area contributed by atoms with Crippen LogP contribution in [0.1, 0.15) is 22.8 Å². The van der Waals surface area contributed by atoms with Crippen molar-refractivity contribution >= 4 is 29.2 Å². The number of hydrogen-bond donors (Lipinski definition) is 1. The SMILES string of the molecule is Cc1ccc(C(=O)O[C@@H](C)C(=O)Nc2ccc(Cl)cc2)cc1F. The second-order valence-electron chi connectivity index (χ2n) is 5.01. The number of benzene rings is 2. The maximum Gasteiger partial charge on any atom is 0.339 e. The average Bonchev–Trinajstić information content (AvgIpc) is 2.52. The number of esters is 1. The van der Waals surface area contributed by atoms with Gasteiger partial charge in [-0.05, 0) is 55.8 Å². The average molecular weight is 336 g/mol. The monoisotopic (exact) mass is 335 g/mol. The topological polar surface area (TPSA) is 55.4 Å². The van der Waals surface area contributed by atoms with Crippen molar-refractivity contribution in [2.24, 2.45) is 0 Å². The fourth-order valence-corrected chi connectivity index (χ4v) is 1.91. The van der Waals surface area contributed by atoms with Crippen molar-refractivity contribution in [2.75, 3.05) is 5.32 Å². The van der Waals surface area contributed by atoms with Crippen LogP contribution < -0.4 is 5.32 Å². The van der Waals surface area contributed by atoms with Gasteiger partial charge in [-0.15, -0.1) is 0 Å². The Labute approximate surface area is 138 Å². The highest BCUT2D eigenvalue weighted by Crippen LogP contribution is 2.15. The first-order valence-electron chi connectivity index (χ1n) is 6.90. The zero-order valence-electron chi connectivity index (χ0n) is 12.6. The van der Waals surface area contributed by atoms with Crippen LogP contribution in [0.3, 0.4) is 0 Å². The van der Waals surface area contributed by atoms with Crippen LogP contribution in [0.5, 0.6) is 0 Å². The first-order chi connectivity index (χ1) is 10.9. The molecule has 0 aromatic heterocycles. The summed E-state index contributed by atoms with van der Waals surface area (Å²) in [5.74, 6) is -1.76. The summed E-state index contributed by atoms with van der Waals surface area (Å²) in [6.07, 6.45) is -1.03. The molecule has 0 aliphatic rings. The summed E-state index contributed by atoms with van der Waals surface area (Å²) in [7, 11) is 0. The molecule has 4 nitrogen and oxygen atoms in total. The molecular weight excluding hydrogens is 321 g/mol. The van der Waals surface area contributed by atoms with E-state index < -0.39 is 23.8 Å². The van der Waals surface area contributed by atoms with Crippen molar-refractivity contribution in [1.82, 2.24) is 0 Å². The highest BCUT2D eigenvalue weighted by Gasteiger charge is 2.19. The van der Waals surface area contributed by atoms with Gasteiger partial charge in [0.05, 0.1) is 5.56 Å². The number of rotatable bonds is 4. The summed E-state index contributed by atoms with van der Waals surface area (Å²) in [5.41, 5.74) is 1.01. The number of nitrogens with one attached hydrogen (secondary N) is 1. The number of anilines is 1. The number of aryl methyl sites for hydroxylation is 1. The maximum atomic E-state index is 13.5. The lowest BCUT2D eigenvalue weighted by Crippen LogP contribution is -2.30. The standard InChI is InChI=1S/C17H15ClFNO3/c1-10-3-4-12(9-15(10)19)17(22)23-11(2)16(21)20-14-7-5-13(18)6-8-14/h3-9,11H,1-2H3,(H,20,21)/t11-/m0/s1. The van der Waals surface area contributed by atoms with E-state index in [9.17, 15) is 14.0 Å². The molecule has 23 heavy (non-hydrogen) atoms. The van der Waals surface area contributed by atoms with Crippen LogP contribution in [0.15, 0.2) is 42.5 Å². The highest BCUT2D eigenvalue weighted by molar-refractivity contribution is 6.30. The van der Waals surface area contributed by atoms with Crippen LogP contribution in [-0.2, 0) is 9.53 Å². The zero-order valence-corrected chi connectivity index (χ0v) is 13.4. The number of carbonyl (C=O) groups is 2. The first kappa shape index (κ1) is 17.0. The Kier molecular flexibility index (Phi) is 5.34. The number of amides is 1. The normalized spacial score (nSPS) is 11.7. The lowest BCUT2D eigenvalue weighted by molar-refractivity contribution is -0.123. The van der Waals surface area contributed by atoms with Gasteiger partial charge in [0, 0.05) is 10.7 Å². The fraction of sp³-hybridized carbons (Fsp3) is 0.176. The minimum atomic E-state index is -1.03. The molecule has 0 heterocycles. The maximum absolute atomic E-state index is 13.5. The van der Waals surface area contributed by atoms with Gasteiger partial charge in [-0.2, -0.15) is 0 Å². The molecule has 0 unspecified atom stereocenters. The molecule has 0 saturated heterocycles. The Morgan fingerprint density at radius 1 is 1.17 bits per heavy atom. The van der Waals surface area contributed by atoms with Gasteiger partial charge in [-0.25, -0.2) is 9.18 Å². The van der Waals surface area contributed by atoms with E-state index >= 15 is 0 Å². The minimum absolute atomic E-state index is 0.0549. The van der Waals surface area contributed by atoms with Crippen LogP contribution in [-0.4, -0.2) is 18.0 Å². The predicted molar refractivity (Wildman–Crippen MR) is 86.1 cm³/mol. The third-order valence-electron chi connectivity index (χ3n) is 3.17. The molecule has 0 saturated carbocycles. The second kappa shape index (κ2) is 7.24. The minimum Gasteiger partial charge on any atom is -0.449 e. The van der Waals surface area contributed by atoms with E-state index in [4.69, 9.17) is 16.3 Å². The van der Waals surface area contributed by atoms with Crippen molar-refractivity contribution in [1.29, 1.82) is 0 Å². The molecule has 0 aliphatic heterocycles. The summed E-state index contributed by atoms with van der Waals surface area (Å²) in [6, 6.07) is 10.5. The molecule has 1 amide bonds. The Morgan fingerprint density at radius 2 is 1.83 bits per heavy atom. The van der Waals surface area contributed by atoms with Crippen molar-refractivity contribution < 1.29 is 18.7 Å². The van der Waals surface area contributed by atoms with Gasteiger partial charge in [0.25, 0.3) is 5.91 Å². The van der Waals surface area contributed by atoms with Gasteiger partial charge in [0.15, 0.2) is 6.10 Å². The number of carbonyl (C=O) groups excluding carboxylic acids is 2. The first-order valence-corrected chi connectivity index (χ1v) is 7.28. The number of ether oxygens (including phenoxy) is 1. The van der Waals surface area contributed by atoms with Crippen molar-refractivity contribution in [2.45, 2.75) is 20.0 Å². The van der Waals surface area contributed by atoms with Crippen LogP contribution in [0.25, 0.3) is 0 Å². The lowest BCUT2D eigenvalue weighted by atomic mass is 10.1. The Morgan fingerprint density at radius 3 is 2.43 bits per heavy atom. The molecule has 2 aromatic rings. The molecule has 0 aliphatic carbocycles. The van der Waals surface area contributed by atoms with E-state index in [0.717, 1.165) is 6.07 Å². The number of hydrogen-bond acceptors (Lipinski definition) is 3. The van der Waals surface area contributed by atoms with Crippen LogP contribution >= 0.6 is 11.6 Å². The summed E-state index contributed by atoms with van der Waals surface area (Å²) in [5, 5.41) is 3.14. The molecule has 120 valence electrons. The second-order valence-corrected chi connectivity index (χ2v) is 5.44. The summed E-state index contributed by atoms with van der Waals surface area (Å²) < 4.78 is 18.5. The van der Waals surface area contributed by atoms with Crippen LogP contribution in [0.4, 0.5) is 10.1 Å². The molecule has 2 rings (SSSR count). The van der Waals surface area contributed by atoms with Crippen molar-refractivity contribution in [3.63, 3.8) is 0 Å². The highest BCUT2D eigenvalue weighted by atomic mass is 35.5. The molecule has 0 spiro atoms. The molecule has 0 bridgehead atoms. The Hall–Kier alpha value is -2.40. The molecule has 6 heteroatoms. The van der Waals surface area contributed by atoms with E-state index in [0.29, 0.717) is 16.3 Å². The fourth-order valence-electron chi connectivity index (χ4n) is 1.78. The third kappa shape index (κ3) is 4.53. The Bertz CT molecular complexity index is 731.